The molecule has 124 valence electrons. The van der Waals surface area contributed by atoms with Crippen LogP contribution in [0.15, 0.2) is 35.3 Å². The van der Waals surface area contributed by atoms with Crippen molar-refractivity contribution in [1.29, 1.82) is 0 Å². The maximum atomic E-state index is 11.0. The Hall–Kier alpha value is -1.35. The molecule has 0 saturated carbocycles. The van der Waals surface area contributed by atoms with Crippen molar-refractivity contribution < 1.29 is 14.6 Å². The number of aliphatic imine (C=N–C) groups is 1. The minimum atomic E-state index is -0.268. The van der Waals surface area contributed by atoms with Gasteiger partial charge in [0.2, 0.25) is 0 Å². The first-order chi connectivity index (χ1) is 10.2. The molecule has 0 amide bonds. The highest BCUT2D eigenvalue weighted by Gasteiger charge is 2.10. The molecule has 1 rings (SSSR count). The van der Waals surface area contributed by atoms with Crippen LogP contribution in [0.4, 0.5) is 0 Å². The zero-order valence-corrected chi connectivity index (χ0v) is 15.2. The van der Waals surface area contributed by atoms with E-state index in [4.69, 9.17) is 0 Å². The van der Waals surface area contributed by atoms with Crippen LogP contribution in [-0.4, -0.2) is 50.9 Å². The number of carbonyl (C=O) groups excluding carboxylic acids is 1. The number of nitrogens with one attached hydrogen (secondary N) is 2. The molecule has 1 unspecified atom stereocenters. The minimum absolute atomic E-state index is 0. The van der Waals surface area contributed by atoms with Gasteiger partial charge < -0.3 is 20.5 Å². The molecule has 22 heavy (non-hydrogen) atoms. The molecule has 0 aliphatic rings. The van der Waals surface area contributed by atoms with Crippen LogP contribution in [0.1, 0.15) is 17.9 Å². The standard InChI is InChI=1S/C15H23N3O3.HI/c1-16-15(17-9-8-14(20)21-2)18-10-13(11-19)12-6-4-3-5-7-12;/h3-7,13,19H,8-11H2,1-2H3,(H2,16,17,18);1H. The van der Waals surface area contributed by atoms with E-state index in [-0.39, 0.29) is 48.9 Å². The first-order valence-electron chi connectivity index (χ1n) is 6.88. The number of halogens is 1. The fourth-order valence-corrected chi connectivity index (χ4v) is 1.84. The van der Waals surface area contributed by atoms with Crippen molar-refractivity contribution in [2.45, 2.75) is 12.3 Å². The summed E-state index contributed by atoms with van der Waals surface area (Å²) >= 11 is 0. The van der Waals surface area contributed by atoms with Crippen LogP contribution in [0.2, 0.25) is 0 Å². The zero-order valence-electron chi connectivity index (χ0n) is 12.9. The molecular formula is C15H24IN3O3. The third-order valence-electron chi connectivity index (χ3n) is 3.08. The largest absolute Gasteiger partial charge is 0.469 e. The molecule has 7 heteroatoms. The third kappa shape index (κ3) is 7.60. The van der Waals surface area contributed by atoms with Gasteiger partial charge in [-0.05, 0) is 5.56 Å². The van der Waals surface area contributed by atoms with Crippen LogP contribution < -0.4 is 10.6 Å². The lowest BCUT2D eigenvalue weighted by Gasteiger charge is -2.18. The summed E-state index contributed by atoms with van der Waals surface area (Å²) in [5.41, 5.74) is 1.07. The summed E-state index contributed by atoms with van der Waals surface area (Å²) in [6.07, 6.45) is 0.277. The summed E-state index contributed by atoms with van der Waals surface area (Å²) in [5.74, 6) is 0.314. The van der Waals surface area contributed by atoms with E-state index >= 15 is 0 Å². The van der Waals surface area contributed by atoms with Crippen LogP contribution >= 0.6 is 24.0 Å². The molecule has 0 heterocycles. The average molecular weight is 421 g/mol. The summed E-state index contributed by atoms with van der Waals surface area (Å²) < 4.78 is 4.57. The first-order valence-corrected chi connectivity index (χ1v) is 6.88. The van der Waals surface area contributed by atoms with Gasteiger partial charge in [0.1, 0.15) is 0 Å². The summed E-state index contributed by atoms with van der Waals surface area (Å²) in [5, 5.41) is 15.6. The van der Waals surface area contributed by atoms with Gasteiger partial charge in [-0.15, -0.1) is 24.0 Å². The fourth-order valence-electron chi connectivity index (χ4n) is 1.84. The summed E-state index contributed by atoms with van der Waals surface area (Å²) in [6.45, 7) is 1.05. The molecule has 0 aromatic heterocycles. The lowest BCUT2D eigenvalue weighted by molar-refractivity contribution is -0.140. The second-order valence-electron chi connectivity index (χ2n) is 4.50. The molecule has 0 saturated heterocycles. The Morgan fingerprint density at radius 3 is 2.55 bits per heavy atom. The van der Waals surface area contributed by atoms with Gasteiger partial charge in [-0.2, -0.15) is 0 Å². The van der Waals surface area contributed by atoms with Crippen LogP contribution in [0.3, 0.4) is 0 Å². The highest BCUT2D eigenvalue weighted by molar-refractivity contribution is 14.0. The second-order valence-corrected chi connectivity index (χ2v) is 4.50. The smallest absolute Gasteiger partial charge is 0.307 e. The molecule has 0 aliphatic carbocycles. The minimum Gasteiger partial charge on any atom is -0.469 e. The maximum absolute atomic E-state index is 11.0. The molecule has 1 aromatic rings. The van der Waals surface area contributed by atoms with Gasteiger partial charge in [0.25, 0.3) is 0 Å². The molecule has 0 radical (unpaired) electrons. The number of nitrogens with zero attached hydrogens (tertiary/aromatic N) is 1. The van der Waals surface area contributed by atoms with E-state index < -0.39 is 0 Å². The summed E-state index contributed by atoms with van der Waals surface area (Å²) in [7, 11) is 3.02. The van der Waals surface area contributed by atoms with E-state index in [1.807, 2.05) is 30.3 Å². The number of ether oxygens (including phenoxy) is 1. The molecule has 0 aliphatic heterocycles. The van der Waals surface area contributed by atoms with E-state index in [0.717, 1.165) is 5.56 Å². The van der Waals surface area contributed by atoms with Crippen LogP contribution in [-0.2, 0) is 9.53 Å². The fraction of sp³-hybridized carbons (Fsp3) is 0.467. The summed E-state index contributed by atoms with van der Waals surface area (Å²) in [6, 6.07) is 9.80. The van der Waals surface area contributed by atoms with E-state index in [1.54, 1.807) is 7.05 Å². The third-order valence-corrected chi connectivity index (χ3v) is 3.08. The normalized spacial score (nSPS) is 12.0. The Morgan fingerprint density at radius 2 is 2.00 bits per heavy atom. The van der Waals surface area contributed by atoms with Crippen LogP contribution in [0.25, 0.3) is 0 Å². The van der Waals surface area contributed by atoms with Gasteiger partial charge in [0.15, 0.2) is 5.96 Å². The van der Waals surface area contributed by atoms with Gasteiger partial charge in [0.05, 0.1) is 20.1 Å². The quantitative estimate of drug-likeness (QED) is 0.266. The van der Waals surface area contributed by atoms with E-state index in [9.17, 15) is 9.90 Å². The number of hydrogen-bond donors (Lipinski definition) is 3. The predicted octanol–water partition coefficient (Wildman–Crippen LogP) is 1.11. The number of esters is 1. The molecule has 1 atom stereocenters. The van der Waals surface area contributed by atoms with Gasteiger partial charge >= 0.3 is 5.97 Å². The number of aliphatic hydroxyl groups is 1. The Kier molecular flexibility index (Phi) is 11.5. The van der Waals surface area contributed by atoms with E-state index in [2.05, 4.69) is 20.4 Å². The lowest BCUT2D eigenvalue weighted by atomic mass is 10.0. The molecular weight excluding hydrogens is 397 g/mol. The van der Waals surface area contributed by atoms with Crippen molar-refractivity contribution in [1.82, 2.24) is 10.6 Å². The highest BCUT2D eigenvalue weighted by Crippen LogP contribution is 2.13. The Morgan fingerprint density at radius 1 is 1.32 bits per heavy atom. The Balaban J connectivity index is 0.00000441. The zero-order chi connectivity index (χ0) is 15.5. The summed E-state index contributed by atoms with van der Waals surface area (Å²) in [4.78, 5) is 15.1. The topological polar surface area (TPSA) is 83.0 Å². The predicted molar refractivity (Wildman–Crippen MR) is 97.7 cm³/mol. The van der Waals surface area contributed by atoms with Gasteiger partial charge in [-0.25, -0.2) is 0 Å². The Labute approximate surface area is 148 Å². The lowest BCUT2D eigenvalue weighted by Crippen LogP contribution is -2.40. The number of aliphatic hydroxyl groups excluding tert-OH is 1. The number of guanidine groups is 1. The van der Waals surface area contributed by atoms with Crippen LogP contribution in [0, 0.1) is 0 Å². The monoisotopic (exact) mass is 421 g/mol. The number of carbonyl (C=O) groups is 1. The van der Waals surface area contributed by atoms with Crippen molar-refractivity contribution >= 4 is 35.9 Å². The molecule has 0 spiro atoms. The number of rotatable bonds is 7. The molecule has 0 bridgehead atoms. The van der Waals surface area contributed by atoms with E-state index in [0.29, 0.717) is 19.0 Å². The van der Waals surface area contributed by atoms with Crippen molar-refractivity contribution in [3.8, 4) is 0 Å². The first kappa shape index (κ1) is 20.6. The van der Waals surface area contributed by atoms with Crippen molar-refractivity contribution in [3.63, 3.8) is 0 Å². The SMILES string of the molecule is CN=C(NCCC(=O)OC)NCC(CO)c1ccccc1.I. The van der Waals surface area contributed by atoms with Gasteiger partial charge in [0, 0.05) is 26.1 Å². The van der Waals surface area contributed by atoms with Crippen molar-refractivity contribution in [3.05, 3.63) is 35.9 Å². The van der Waals surface area contributed by atoms with Crippen molar-refractivity contribution in [2.75, 3.05) is 33.9 Å². The highest BCUT2D eigenvalue weighted by atomic mass is 127. The number of benzene rings is 1. The number of hydrogen-bond acceptors (Lipinski definition) is 4. The van der Waals surface area contributed by atoms with Crippen LogP contribution in [0.5, 0.6) is 0 Å². The van der Waals surface area contributed by atoms with Gasteiger partial charge in [-0.1, -0.05) is 30.3 Å². The Bertz CT molecular complexity index is 455. The van der Waals surface area contributed by atoms with E-state index in [1.165, 1.54) is 7.11 Å². The molecule has 0 fully saturated rings. The molecule has 3 N–H and O–H groups in total. The number of methoxy groups -OCH3 is 1. The van der Waals surface area contributed by atoms with Crippen molar-refractivity contribution in [2.24, 2.45) is 4.99 Å². The van der Waals surface area contributed by atoms with Gasteiger partial charge in [-0.3, -0.25) is 9.79 Å². The maximum Gasteiger partial charge on any atom is 0.307 e. The molecule has 1 aromatic carbocycles. The average Bonchev–Trinajstić information content (AvgIpc) is 2.54. The molecule has 6 nitrogen and oxygen atoms in total. The second kappa shape index (κ2) is 12.2.